The van der Waals surface area contributed by atoms with E-state index in [2.05, 4.69) is 0 Å². The van der Waals surface area contributed by atoms with Crippen molar-refractivity contribution < 1.29 is 9.31 Å². The fraction of sp³-hybridized carbons (Fsp3) is 0.250. The van der Waals surface area contributed by atoms with Crippen LogP contribution < -0.4 is 5.73 Å². The molecule has 13 heavy (non-hydrogen) atoms. The highest BCUT2D eigenvalue weighted by molar-refractivity contribution is 5.47. The smallest absolute Gasteiger partial charge is 0.274 e. The molecule has 0 spiro atoms. The van der Waals surface area contributed by atoms with Crippen LogP contribution in [0.3, 0.4) is 0 Å². The highest BCUT2D eigenvalue weighted by atomic mass is 19.1. The van der Waals surface area contributed by atoms with Crippen LogP contribution in [0.4, 0.5) is 15.8 Å². The maximum absolute atomic E-state index is 12.4. The maximum Gasteiger partial charge on any atom is 0.274 e. The van der Waals surface area contributed by atoms with Gasteiger partial charge in [-0.15, -0.1) is 0 Å². The van der Waals surface area contributed by atoms with Crippen molar-refractivity contribution in [3.63, 3.8) is 0 Å². The van der Waals surface area contributed by atoms with E-state index in [0.717, 1.165) is 18.2 Å². The minimum atomic E-state index is -0.698. The van der Waals surface area contributed by atoms with Crippen LogP contribution in [0.15, 0.2) is 18.2 Å². The average Bonchev–Trinajstić information content (AvgIpc) is 2.06. The minimum Gasteiger partial charge on any atom is -0.398 e. The zero-order valence-corrected chi connectivity index (χ0v) is 7.45. The summed E-state index contributed by atoms with van der Waals surface area (Å²) in [4.78, 5) is 9.39. The molecule has 2 N–H and O–H groups in total. The predicted molar refractivity (Wildman–Crippen MR) is 48.8 cm³/mol. The van der Waals surface area contributed by atoms with Crippen molar-refractivity contribution in [1.82, 2.24) is 0 Å². The number of nitrogens with two attached hydrogens (primary N) is 1. The molecule has 72 valence electrons. The Balaban J connectivity index is 0.000000671. The van der Waals surface area contributed by atoms with E-state index >= 15 is 0 Å². The normalized spacial score (nSPS) is 8.54. The van der Waals surface area contributed by atoms with Crippen molar-refractivity contribution in [1.29, 1.82) is 0 Å². The van der Waals surface area contributed by atoms with Crippen LogP contribution >= 0.6 is 0 Å². The fourth-order valence-electron chi connectivity index (χ4n) is 0.702. The van der Waals surface area contributed by atoms with Gasteiger partial charge in [-0.3, -0.25) is 10.1 Å². The molecule has 0 fully saturated rings. The van der Waals surface area contributed by atoms with E-state index in [1.54, 1.807) is 0 Å². The second kappa shape index (κ2) is 5.08. The largest absolute Gasteiger partial charge is 0.398 e. The van der Waals surface area contributed by atoms with E-state index in [4.69, 9.17) is 5.73 Å². The second-order valence-corrected chi connectivity index (χ2v) is 2.00. The third kappa shape index (κ3) is 3.50. The summed E-state index contributed by atoms with van der Waals surface area (Å²) in [5.74, 6) is -0.698. The molecule has 5 heteroatoms. The third-order valence-corrected chi connectivity index (χ3v) is 1.12. The van der Waals surface area contributed by atoms with Crippen molar-refractivity contribution >= 4 is 11.4 Å². The quantitative estimate of drug-likeness (QED) is 0.415. The van der Waals surface area contributed by atoms with Crippen LogP contribution in [0.5, 0.6) is 0 Å². The Bertz CT molecular complexity index is 282. The van der Waals surface area contributed by atoms with Crippen LogP contribution in [0.25, 0.3) is 0 Å². The van der Waals surface area contributed by atoms with E-state index in [9.17, 15) is 14.5 Å². The van der Waals surface area contributed by atoms with Gasteiger partial charge in [-0.1, -0.05) is 13.8 Å². The lowest BCUT2D eigenvalue weighted by Crippen LogP contribution is -1.92. The first-order valence-corrected chi connectivity index (χ1v) is 3.80. The lowest BCUT2D eigenvalue weighted by atomic mass is 10.3. The van der Waals surface area contributed by atoms with Gasteiger partial charge in [-0.05, 0) is 6.07 Å². The van der Waals surface area contributed by atoms with Crippen molar-refractivity contribution in [2.45, 2.75) is 13.8 Å². The molecular weight excluding hydrogens is 175 g/mol. The number of nitrogens with zero attached hydrogens (tertiary/aromatic N) is 1. The van der Waals surface area contributed by atoms with Crippen molar-refractivity contribution in [3.05, 3.63) is 34.1 Å². The molecule has 0 aromatic heterocycles. The van der Waals surface area contributed by atoms with Gasteiger partial charge >= 0.3 is 0 Å². The first-order chi connectivity index (χ1) is 6.09. The summed E-state index contributed by atoms with van der Waals surface area (Å²) in [6, 6.07) is 2.94. The number of benzene rings is 1. The lowest BCUT2D eigenvalue weighted by molar-refractivity contribution is -0.385. The number of nitro groups is 1. The molecule has 0 heterocycles. The molecule has 0 amide bonds. The van der Waals surface area contributed by atoms with Crippen molar-refractivity contribution in [3.8, 4) is 0 Å². The average molecular weight is 186 g/mol. The highest BCUT2D eigenvalue weighted by Crippen LogP contribution is 2.16. The Morgan fingerprint density at radius 1 is 1.38 bits per heavy atom. The molecule has 1 rings (SSSR count). The Morgan fingerprint density at radius 2 is 1.92 bits per heavy atom. The Hall–Kier alpha value is -1.65. The van der Waals surface area contributed by atoms with Gasteiger partial charge in [0, 0.05) is 11.8 Å². The lowest BCUT2D eigenvalue weighted by Gasteiger charge is -1.93. The van der Waals surface area contributed by atoms with Gasteiger partial charge in [0.05, 0.1) is 11.0 Å². The summed E-state index contributed by atoms with van der Waals surface area (Å²) in [6.45, 7) is 4.00. The summed E-state index contributed by atoms with van der Waals surface area (Å²) < 4.78 is 12.4. The molecule has 0 saturated heterocycles. The molecule has 0 saturated carbocycles. The molecule has 0 unspecified atom stereocenters. The van der Waals surface area contributed by atoms with Gasteiger partial charge in [0.1, 0.15) is 5.82 Å². The number of nitro benzene ring substituents is 1. The molecule has 1 aromatic carbocycles. The summed E-state index contributed by atoms with van der Waals surface area (Å²) in [6.07, 6.45) is 0. The van der Waals surface area contributed by atoms with E-state index < -0.39 is 10.7 Å². The van der Waals surface area contributed by atoms with Gasteiger partial charge in [-0.2, -0.15) is 0 Å². The number of hydrogen-bond donors (Lipinski definition) is 1. The number of non-ortho nitro benzene ring substituents is 1. The number of anilines is 1. The molecule has 0 aliphatic rings. The maximum atomic E-state index is 12.4. The molecule has 0 aliphatic carbocycles. The van der Waals surface area contributed by atoms with Gasteiger partial charge in [0.2, 0.25) is 0 Å². The van der Waals surface area contributed by atoms with Crippen LogP contribution in [0, 0.1) is 15.9 Å². The van der Waals surface area contributed by atoms with Crippen LogP contribution in [0.1, 0.15) is 13.8 Å². The minimum absolute atomic E-state index is 0.0525. The Labute approximate surface area is 75.3 Å². The van der Waals surface area contributed by atoms with Crippen LogP contribution in [-0.4, -0.2) is 4.92 Å². The first-order valence-electron chi connectivity index (χ1n) is 3.80. The van der Waals surface area contributed by atoms with E-state index in [1.807, 2.05) is 13.8 Å². The SMILES string of the molecule is CC.Nc1cc(F)cc([N+](=O)[O-])c1. The molecule has 0 atom stereocenters. The van der Waals surface area contributed by atoms with Crippen LogP contribution in [0.2, 0.25) is 0 Å². The first kappa shape index (κ1) is 11.4. The van der Waals surface area contributed by atoms with Crippen molar-refractivity contribution in [2.24, 2.45) is 0 Å². The summed E-state index contributed by atoms with van der Waals surface area (Å²) in [5, 5.41) is 10.1. The van der Waals surface area contributed by atoms with E-state index in [0.29, 0.717) is 0 Å². The molecule has 0 aliphatic heterocycles. The van der Waals surface area contributed by atoms with E-state index in [1.165, 1.54) is 0 Å². The van der Waals surface area contributed by atoms with Gasteiger partial charge in [-0.25, -0.2) is 4.39 Å². The third-order valence-electron chi connectivity index (χ3n) is 1.12. The molecule has 4 nitrogen and oxygen atoms in total. The standard InChI is InChI=1S/C6H5FN2O2.C2H6/c7-4-1-5(8)3-6(2-4)9(10)11;1-2/h1-3H,8H2;1-2H3. The predicted octanol–water partition coefficient (Wildman–Crippen LogP) is 2.34. The molecular formula is C8H11FN2O2. The van der Waals surface area contributed by atoms with Gasteiger partial charge < -0.3 is 5.73 Å². The zero-order chi connectivity index (χ0) is 10.4. The monoisotopic (exact) mass is 186 g/mol. The van der Waals surface area contributed by atoms with Crippen LogP contribution in [-0.2, 0) is 0 Å². The summed E-state index contributed by atoms with van der Waals surface area (Å²) in [5.41, 5.74) is 4.87. The summed E-state index contributed by atoms with van der Waals surface area (Å²) >= 11 is 0. The Kier molecular flexibility index (Phi) is 4.43. The topological polar surface area (TPSA) is 69.2 Å². The number of rotatable bonds is 1. The highest BCUT2D eigenvalue weighted by Gasteiger charge is 2.07. The van der Waals surface area contributed by atoms with Gasteiger partial charge in [0.25, 0.3) is 5.69 Å². The number of hydrogen-bond acceptors (Lipinski definition) is 3. The fourth-order valence-corrected chi connectivity index (χ4v) is 0.702. The molecule has 0 radical (unpaired) electrons. The second-order valence-electron chi connectivity index (χ2n) is 2.00. The zero-order valence-electron chi connectivity index (χ0n) is 7.45. The number of halogens is 1. The van der Waals surface area contributed by atoms with Crippen molar-refractivity contribution in [2.75, 3.05) is 5.73 Å². The molecule has 1 aromatic rings. The van der Waals surface area contributed by atoms with E-state index in [-0.39, 0.29) is 11.4 Å². The van der Waals surface area contributed by atoms with Gasteiger partial charge in [0.15, 0.2) is 0 Å². The summed E-state index contributed by atoms with van der Waals surface area (Å²) in [7, 11) is 0. The number of nitrogen functional groups attached to an aromatic ring is 1. The molecule has 0 bridgehead atoms. The Morgan fingerprint density at radius 3 is 2.31 bits per heavy atom.